The molecule has 7 nitrogen and oxygen atoms in total. The van der Waals surface area contributed by atoms with Crippen molar-refractivity contribution in [1.82, 2.24) is 15.5 Å². The summed E-state index contributed by atoms with van der Waals surface area (Å²) in [6.45, 7) is 10.1. The molecule has 1 fully saturated rings. The standard InChI is InChI=1S/C22H38N4O3.HI/c1-22(2,3)20(29-7)13-24-21(23-4)25-17-8-9-26(15-17)14-16-10-18(27-5)12-19(11-16)28-6;/h10-12,17,20H,8-9,13-15H2,1-7H3,(H2,23,24,25);1H. The Balaban J connectivity index is 0.00000450. The number of aliphatic imine (C=N–C) groups is 1. The molecule has 30 heavy (non-hydrogen) atoms. The van der Waals surface area contributed by atoms with E-state index in [4.69, 9.17) is 14.2 Å². The van der Waals surface area contributed by atoms with Crippen LogP contribution in [0.5, 0.6) is 11.5 Å². The fourth-order valence-electron chi connectivity index (χ4n) is 3.63. The molecular formula is C22H39IN4O3. The molecule has 1 saturated heterocycles. The van der Waals surface area contributed by atoms with Crippen molar-refractivity contribution in [3.63, 3.8) is 0 Å². The summed E-state index contributed by atoms with van der Waals surface area (Å²) in [5.41, 5.74) is 1.26. The molecule has 2 unspecified atom stereocenters. The maximum absolute atomic E-state index is 5.63. The lowest BCUT2D eigenvalue weighted by atomic mass is 9.89. The van der Waals surface area contributed by atoms with Gasteiger partial charge >= 0.3 is 0 Å². The molecule has 1 heterocycles. The Hall–Kier alpha value is -1.26. The van der Waals surface area contributed by atoms with Crippen molar-refractivity contribution in [2.24, 2.45) is 10.4 Å². The van der Waals surface area contributed by atoms with Crippen LogP contribution >= 0.6 is 24.0 Å². The van der Waals surface area contributed by atoms with Crippen molar-refractivity contribution in [1.29, 1.82) is 0 Å². The molecule has 0 saturated carbocycles. The average molecular weight is 534 g/mol. The third-order valence-electron chi connectivity index (χ3n) is 5.36. The molecule has 2 N–H and O–H groups in total. The highest BCUT2D eigenvalue weighted by Crippen LogP contribution is 2.24. The average Bonchev–Trinajstić information content (AvgIpc) is 3.12. The van der Waals surface area contributed by atoms with Crippen LogP contribution in [-0.2, 0) is 11.3 Å². The van der Waals surface area contributed by atoms with E-state index in [2.05, 4.69) is 53.4 Å². The first-order chi connectivity index (χ1) is 13.8. The molecule has 0 radical (unpaired) electrons. The van der Waals surface area contributed by atoms with E-state index in [-0.39, 0.29) is 35.5 Å². The number of guanidine groups is 1. The normalized spacial score (nSPS) is 18.5. The Labute approximate surface area is 199 Å². The van der Waals surface area contributed by atoms with Gasteiger partial charge in [0.25, 0.3) is 0 Å². The molecule has 172 valence electrons. The number of hydrogen-bond acceptors (Lipinski definition) is 5. The van der Waals surface area contributed by atoms with Gasteiger partial charge in [0.2, 0.25) is 0 Å². The van der Waals surface area contributed by atoms with Gasteiger partial charge in [-0.15, -0.1) is 24.0 Å². The molecule has 0 spiro atoms. The summed E-state index contributed by atoms with van der Waals surface area (Å²) in [7, 11) is 6.93. The van der Waals surface area contributed by atoms with Crippen molar-refractivity contribution in [2.45, 2.75) is 45.9 Å². The number of hydrogen-bond donors (Lipinski definition) is 2. The summed E-state index contributed by atoms with van der Waals surface area (Å²) in [4.78, 5) is 6.82. The number of likely N-dealkylation sites (tertiary alicyclic amines) is 1. The Bertz CT molecular complexity index is 657. The quantitative estimate of drug-likeness (QED) is 0.304. The van der Waals surface area contributed by atoms with Crippen LogP contribution in [0.15, 0.2) is 23.2 Å². The van der Waals surface area contributed by atoms with Crippen LogP contribution in [0.1, 0.15) is 32.8 Å². The van der Waals surface area contributed by atoms with Gasteiger partial charge < -0.3 is 24.8 Å². The van der Waals surface area contributed by atoms with Gasteiger partial charge in [-0.25, -0.2) is 0 Å². The van der Waals surface area contributed by atoms with Crippen molar-refractivity contribution >= 4 is 29.9 Å². The minimum Gasteiger partial charge on any atom is -0.497 e. The molecule has 2 rings (SSSR count). The van der Waals surface area contributed by atoms with Crippen molar-refractivity contribution < 1.29 is 14.2 Å². The van der Waals surface area contributed by atoms with Gasteiger partial charge in [0.1, 0.15) is 11.5 Å². The summed E-state index contributed by atoms with van der Waals surface area (Å²) in [6, 6.07) is 6.41. The SMILES string of the molecule is CN=C(NCC(OC)C(C)(C)C)NC1CCN(Cc2cc(OC)cc(OC)c2)C1.I. The van der Waals surface area contributed by atoms with Crippen molar-refractivity contribution in [3.8, 4) is 11.5 Å². The monoisotopic (exact) mass is 534 g/mol. The number of halogens is 1. The second-order valence-electron chi connectivity index (χ2n) is 8.63. The van der Waals surface area contributed by atoms with Crippen LogP contribution in [0.3, 0.4) is 0 Å². The Kier molecular flexibility index (Phi) is 11.2. The van der Waals surface area contributed by atoms with Gasteiger partial charge in [-0.05, 0) is 29.5 Å². The molecule has 0 amide bonds. The fourth-order valence-corrected chi connectivity index (χ4v) is 3.63. The second kappa shape index (κ2) is 12.6. The van der Waals surface area contributed by atoms with E-state index in [1.54, 1.807) is 21.3 Å². The molecule has 1 aromatic carbocycles. The predicted molar refractivity (Wildman–Crippen MR) is 133 cm³/mol. The third-order valence-corrected chi connectivity index (χ3v) is 5.36. The molecular weight excluding hydrogens is 495 g/mol. The highest BCUT2D eigenvalue weighted by molar-refractivity contribution is 14.0. The number of rotatable bonds is 8. The maximum atomic E-state index is 5.63. The smallest absolute Gasteiger partial charge is 0.191 e. The minimum absolute atomic E-state index is 0. The van der Waals surface area contributed by atoms with Gasteiger partial charge in [-0.2, -0.15) is 0 Å². The van der Waals surface area contributed by atoms with Crippen LogP contribution in [0.2, 0.25) is 0 Å². The number of methoxy groups -OCH3 is 3. The molecule has 0 bridgehead atoms. The predicted octanol–water partition coefficient (Wildman–Crippen LogP) is 3.12. The topological polar surface area (TPSA) is 67.4 Å². The maximum Gasteiger partial charge on any atom is 0.191 e. The van der Waals surface area contributed by atoms with Crippen molar-refractivity contribution in [2.75, 3.05) is 48.0 Å². The van der Waals surface area contributed by atoms with Gasteiger partial charge in [0, 0.05) is 52.4 Å². The number of nitrogens with zero attached hydrogens (tertiary/aromatic N) is 2. The zero-order valence-electron chi connectivity index (χ0n) is 19.4. The first-order valence-electron chi connectivity index (χ1n) is 10.2. The summed E-state index contributed by atoms with van der Waals surface area (Å²) < 4.78 is 16.4. The van der Waals surface area contributed by atoms with E-state index in [1.807, 2.05) is 13.1 Å². The molecule has 1 aliphatic heterocycles. The summed E-state index contributed by atoms with van der Waals surface area (Å²) in [5, 5.41) is 6.96. The lowest BCUT2D eigenvalue weighted by Gasteiger charge is -2.30. The Morgan fingerprint density at radius 3 is 2.30 bits per heavy atom. The largest absolute Gasteiger partial charge is 0.497 e. The number of benzene rings is 1. The highest BCUT2D eigenvalue weighted by atomic mass is 127. The third kappa shape index (κ3) is 8.11. The summed E-state index contributed by atoms with van der Waals surface area (Å²) in [5.74, 6) is 2.47. The molecule has 8 heteroatoms. The lowest BCUT2D eigenvalue weighted by molar-refractivity contribution is 0.0205. The van der Waals surface area contributed by atoms with Crippen LogP contribution in [-0.4, -0.2) is 71.0 Å². The van der Waals surface area contributed by atoms with E-state index in [9.17, 15) is 0 Å². The van der Waals surface area contributed by atoms with Crippen LogP contribution < -0.4 is 20.1 Å². The van der Waals surface area contributed by atoms with Crippen molar-refractivity contribution in [3.05, 3.63) is 23.8 Å². The first kappa shape index (κ1) is 26.8. The number of nitrogens with one attached hydrogen (secondary N) is 2. The van der Waals surface area contributed by atoms with Crippen LogP contribution in [0.25, 0.3) is 0 Å². The zero-order valence-corrected chi connectivity index (χ0v) is 21.8. The fraction of sp³-hybridized carbons (Fsp3) is 0.682. The van der Waals surface area contributed by atoms with E-state index in [1.165, 1.54) is 5.56 Å². The number of ether oxygens (including phenoxy) is 3. The van der Waals surface area contributed by atoms with Gasteiger partial charge in [0.15, 0.2) is 5.96 Å². The van der Waals surface area contributed by atoms with E-state index >= 15 is 0 Å². The Morgan fingerprint density at radius 2 is 1.80 bits per heavy atom. The molecule has 1 aliphatic rings. The van der Waals surface area contributed by atoms with Gasteiger partial charge in [-0.1, -0.05) is 20.8 Å². The molecule has 2 atom stereocenters. The molecule has 0 aliphatic carbocycles. The van der Waals surface area contributed by atoms with Gasteiger partial charge in [0.05, 0.1) is 20.3 Å². The van der Waals surface area contributed by atoms with E-state index < -0.39 is 0 Å². The van der Waals surface area contributed by atoms with E-state index in [0.717, 1.165) is 50.1 Å². The van der Waals surface area contributed by atoms with Gasteiger partial charge in [-0.3, -0.25) is 9.89 Å². The lowest BCUT2D eigenvalue weighted by Crippen LogP contribution is -2.48. The zero-order chi connectivity index (χ0) is 21.4. The molecule has 0 aromatic heterocycles. The highest BCUT2D eigenvalue weighted by Gasteiger charge is 2.26. The molecule has 1 aromatic rings. The summed E-state index contributed by atoms with van der Waals surface area (Å²) in [6.07, 6.45) is 1.19. The minimum atomic E-state index is 0. The summed E-state index contributed by atoms with van der Waals surface area (Å²) >= 11 is 0. The van der Waals surface area contributed by atoms with Crippen LogP contribution in [0, 0.1) is 5.41 Å². The Morgan fingerprint density at radius 1 is 1.17 bits per heavy atom. The second-order valence-corrected chi connectivity index (χ2v) is 8.63. The van der Waals surface area contributed by atoms with E-state index in [0.29, 0.717) is 6.04 Å². The van der Waals surface area contributed by atoms with Crippen LogP contribution in [0.4, 0.5) is 0 Å². The first-order valence-corrected chi connectivity index (χ1v) is 10.2.